The Morgan fingerprint density at radius 2 is 1.80 bits per heavy atom. The highest BCUT2D eigenvalue weighted by Gasteiger charge is 2.27. The number of H-pyrrole nitrogens is 1. The van der Waals surface area contributed by atoms with E-state index in [1.54, 1.807) is 24.3 Å². The molecular weight excluding hydrogens is 502 g/mol. The Hall–Kier alpha value is -4.17. The van der Waals surface area contributed by atoms with Gasteiger partial charge in [-0.25, -0.2) is 0 Å². The number of hydrogen-bond donors (Lipinski definition) is 4. The summed E-state index contributed by atoms with van der Waals surface area (Å²) < 4.78 is 0. The fraction of sp³-hybridized carbons (Fsp3) is 0.344. The van der Waals surface area contributed by atoms with Gasteiger partial charge in [-0.2, -0.15) is 0 Å². The lowest BCUT2D eigenvalue weighted by Crippen LogP contribution is -2.33. The molecule has 208 valence electrons. The number of nitrogens with one attached hydrogen (secondary N) is 4. The second kappa shape index (κ2) is 11.9. The van der Waals surface area contributed by atoms with Crippen LogP contribution in [0.5, 0.6) is 0 Å². The average Bonchev–Trinajstić information content (AvgIpc) is 3.65. The van der Waals surface area contributed by atoms with E-state index in [9.17, 15) is 14.4 Å². The molecule has 1 aromatic heterocycles. The lowest BCUT2D eigenvalue weighted by Gasteiger charge is -2.17. The summed E-state index contributed by atoms with van der Waals surface area (Å²) in [5.74, 6) is -0.558. The third-order valence-electron chi connectivity index (χ3n) is 7.88. The van der Waals surface area contributed by atoms with Crippen molar-refractivity contribution < 1.29 is 14.4 Å². The molecule has 1 atom stereocenters. The van der Waals surface area contributed by atoms with Crippen molar-refractivity contribution in [3.63, 3.8) is 0 Å². The monoisotopic (exact) mass is 539 g/mol. The zero-order chi connectivity index (χ0) is 28.2. The van der Waals surface area contributed by atoms with Crippen molar-refractivity contribution in [2.75, 3.05) is 31.5 Å². The standard InChI is InChI=1S/C32H37N5O3/c1-4-26(22-10-6-5-7-11-22)35-30(38)23-12-13-27-24(18-23)25(31(39)36-27)19-28-20(2)29(21(3)34-28)32(40)33-14-17-37-15-8-9-16-37/h5-7,10-13,18-19,26,34H,4,8-9,14-17H2,1-3H3,(H,33,40)(H,35,38)(H,36,39)/t26-/m1/s1. The number of fused-ring (bicyclic) bond motifs is 1. The van der Waals surface area contributed by atoms with Gasteiger partial charge in [0.15, 0.2) is 0 Å². The van der Waals surface area contributed by atoms with Gasteiger partial charge < -0.3 is 25.8 Å². The molecule has 4 N–H and O–H groups in total. The van der Waals surface area contributed by atoms with Crippen molar-refractivity contribution in [3.05, 3.63) is 87.7 Å². The fourth-order valence-electron chi connectivity index (χ4n) is 5.65. The molecule has 0 bridgehead atoms. The van der Waals surface area contributed by atoms with Crippen molar-refractivity contribution >= 4 is 35.1 Å². The minimum atomic E-state index is -0.244. The van der Waals surface area contributed by atoms with E-state index in [1.165, 1.54) is 12.8 Å². The predicted octanol–water partition coefficient (Wildman–Crippen LogP) is 4.83. The van der Waals surface area contributed by atoms with E-state index >= 15 is 0 Å². The van der Waals surface area contributed by atoms with Crippen molar-refractivity contribution in [2.24, 2.45) is 0 Å². The predicted molar refractivity (Wildman–Crippen MR) is 158 cm³/mol. The van der Waals surface area contributed by atoms with Crippen LogP contribution >= 0.6 is 0 Å². The van der Waals surface area contributed by atoms with Gasteiger partial charge in [-0.15, -0.1) is 0 Å². The van der Waals surface area contributed by atoms with Crippen molar-refractivity contribution in [1.82, 2.24) is 20.5 Å². The van der Waals surface area contributed by atoms with Crippen LogP contribution < -0.4 is 16.0 Å². The molecule has 3 heterocycles. The first kappa shape index (κ1) is 27.4. The molecule has 0 spiro atoms. The molecule has 2 aliphatic rings. The average molecular weight is 540 g/mol. The lowest BCUT2D eigenvalue weighted by molar-refractivity contribution is -0.110. The molecule has 1 saturated heterocycles. The van der Waals surface area contributed by atoms with Gasteiger partial charge in [-0.1, -0.05) is 37.3 Å². The number of likely N-dealkylation sites (tertiary alicyclic amines) is 1. The first-order valence-electron chi connectivity index (χ1n) is 14.1. The maximum atomic E-state index is 13.2. The molecule has 8 nitrogen and oxygen atoms in total. The Morgan fingerprint density at radius 3 is 2.52 bits per heavy atom. The fourth-order valence-corrected chi connectivity index (χ4v) is 5.65. The molecule has 40 heavy (non-hydrogen) atoms. The summed E-state index contributed by atoms with van der Waals surface area (Å²) in [6.07, 6.45) is 4.96. The van der Waals surface area contributed by atoms with Crippen LogP contribution in [0.15, 0.2) is 48.5 Å². The van der Waals surface area contributed by atoms with Crippen LogP contribution in [0.1, 0.15) is 81.0 Å². The molecule has 0 unspecified atom stereocenters. The lowest BCUT2D eigenvalue weighted by atomic mass is 10.0. The minimum Gasteiger partial charge on any atom is -0.358 e. The number of carbonyl (C=O) groups is 3. The topological polar surface area (TPSA) is 106 Å². The van der Waals surface area contributed by atoms with Gasteiger partial charge >= 0.3 is 0 Å². The smallest absolute Gasteiger partial charge is 0.256 e. The molecule has 3 amide bonds. The van der Waals surface area contributed by atoms with E-state index in [2.05, 4.69) is 25.8 Å². The molecule has 5 rings (SSSR count). The molecular formula is C32H37N5O3. The molecule has 1 fully saturated rings. The number of aromatic nitrogens is 1. The zero-order valence-electron chi connectivity index (χ0n) is 23.4. The summed E-state index contributed by atoms with van der Waals surface area (Å²) in [6, 6.07) is 15.0. The number of aryl methyl sites for hydroxylation is 1. The second-order valence-corrected chi connectivity index (χ2v) is 10.6. The van der Waals surface area contributed by atoms with Gasteiger partial charge in [0.1, 0.15) is 0 Å². The Bertz CT molecular complexity index is 1450. The number of carbonyl (C=O) groups excluding carboxylic acids is 3. The van der Waals surface area contributed by atoms with E-state index < -0.39 is 0 Å². The Morgan fingerprint density at radius 1 is 1.05 bits per heavy atom. The number of benzene rings is 2. The zero-order valence-corrected chi connectivity index (χ0v) is 23.4. The van der Waals surface area contributed by atoms with Crippen LogP contribution in [-0.2, 0) is 4.79 Å². The summed E-state index contributed by atoms with van der Waals surface area (Å²) >= 11 is 0. The molecule has 0 saturated carbocycles. The van der Waals surface area contributed by atoms with Crippen LogP contribution in [0.2, 0.25) is 0 Å². The number of nitrogens with zero attached hydrogens (tertiary/aromatic N) is 1. The van der Waals surface area contributed by atoms with Crippen LogP contribution in [0.3, 0.4) is 0 Å². The molecule has 0 aliphatic carbocycles. The summed E-state index contributed by atoms with van der Waals surface area (Å²) in [7, 11) is 0. The van der Waals surface area contributed by atoms with E-state index in [0.29, 0.717) is 40.2 Å². The van der Waals surface area contributed by atoms with Crippen molar-refractivity contribution in [3.8, 4) is 0 Å². The number of aromatic amines is 1. The van der Waals surface area contributed by atoms with Gasteiger partial charge in [0.05, 0.1) is 17.2 Å². The normalized spacial score (nSPS) is 16.6. The quantitative estimate of drug-likeness (QED) is 0.292. The van der Waals surface area contributed by atoms with E-state index in [-0.39, 0.29) is 23.8 Å². The highest BCUT2D eigenvalue weighted by atomic mass is 16.2. The molecule has 2 aliphatic heterocycles. The number of amides is 3. The largest absolute Gasteiger partial charge is 0.358 e. The molecule has 2 aromatic carbocycles. The Labute approximate surface area is 235 Å². The first-order chi connectivity index (χ1) is 19.4. The van der Waals surface area contributed by atoms with E-state index in [1.807, 2.05) is 51.1 Å². The van der Waals surface area contributed by atoms with Crippen LogP contribution in [0.4, 0.5) is 5.69 Å². The third-order valence-corrected chi connectivity index (χ3v) is 7.88. The first-order valence-corrected chi connectivity index (χ1v) is 14.1. The van der Waals surface area contributed by atoms with Crippen LogP contribution in [-0.4, -0.2) is 53.8 Å². The maximum absolute atomic E-state index is 13.2. The summed E-state index contributed by atoms with van der Waals surface area (Å²) in [6.45, 7) is 9.42. The highest BCUT2D eigenvalue weighted by molar-refractivity contribution is 6.35. The van der Waals surface area contributed by atoms with Gasteiger partial charge in [0.25, 0.3) is 17.7 Å². The van der Waals surface area contributed by atoms with Gasteiger partial charge in [0, 0.05) is 41.3 Å². The van der Waals surface area contributed by atoms with Gasteiger partial charge in [-0.3, -0.25) is 14.4 Å². The summed E-state index contributed by atoms with van der Waals surface area (Å²) in [5.41, 5.74) is 6.13. The highest BCUT2D eigenvalue weighted by Crippen LogP contribution is 2.35. The maximum Gasteiger partial charge on any atom is 0.256 e. The summed E-state index contributed by atoms with van der Waals surface area (Å²) in [5, 5.41) is 9.05. The van der Waals surface area contributed by atoms with Crippen LogP contribution in [0.25, 0.3) is 11.6 Å². The second-order valence-electron chi connectivity index (χ2n) is 10.6. The van der Waals surface area contributed by atoms with Crippen molar-refractivity contribution in [2.45, 2.75) is 46.1 Å². The SMILES string of the molecule is CC[C@@H](NC(=O)c1ccc2c(c1)C(=Cc1[nH]c(C)c(C(=O)NCCN3CCCC3)c1C)C(=O)N2)c1ccccc1. The number of hydrogen-bond acceptors (Lipinski definition) is 4. The van der Waals surface area contributed by atoms with E-state index in [4.69, 9.17) is 0 Å². The Balaban J connectivity index is 1.35. The van der Waals surface area contributed by atoms with E-state index in [0.717, 1.165) is 42.9 Å². The van der Waals surface area contributed by atoms with Crippen LogP contribution in [0, 0.1) is 13.8 Å². The minimum absolute atomic E-state index is 0.110. The summed E-state index contributed by atoms with van der Waals surface area (Å²) in [4.78, 5) is 44.8. The molecule has 3 aromatic rings. The van der Waals surface area contributed by atoms with Crippen molar-refractivity contribution in [1.29, 1.82) is 0 Å². The van der Waals surface area contributed by atoms with Gasteiger partial charge in [-0.05, 0) is 81.6 Å². The molecule has 0 radical (unpaired) electrons. The number of rotatable bonds is 9. The Kier molecular flexibility index (Phi) is 8.16. The number of anilines is 1. The van der Waals surface area contributed by atoms with Gasteiger partial charge in [0.2, 0.25) is 0 Å². The molecule has 8 heteroatoms. The third kappa shape index (κ3) is 5.72.